The topological polar surface area (TPSA) is 50.7 Å². The number of nitrogens with one attached hydrogen (secondary N) is 1. The van der Waals surface area contributed by atoms with Crippen LogP contribution < -0.4 is 5.56 Å². The highest BCUT2D eigenvalue weighted by molar-refractivity contribution is 5.61. The number of aromatic amines is 1. The number of hydrogen-bond donors (Lipinski definition) is 1. The number of benzene rings is 1. The Hall–Kier alpha value is -2.69. The van der Waals surface area contributed by atoms with Gasteiger partial charge in [0.15, 0.2) is 5.82 Å². The van der Waals surface area contributed by atoms with Crippen molar-refractivity contribution in [2.45, 2.75) is 0 Å². The van der Waals surface area contributed by atoms with Crippen molar-refractivity contribution in [3.8, 4) is 16.9 Å². The lowest BCUT2D eigenvalue weighted by Gasteiger charge is -1.98. The predicted octanol–water partition coefficient (Wildman–Crippen LogP) is 2.37. The quantitative estimate of drug-likeness (QED) is 0.764. The fourth-order valence-electron chi connectivity index (χ4n) is 1.86. The lowest BCUT2D eigenvalue weighted by atomic mass is 10.1. The van der Waals surface area contributed by atoms with E-state index in [1.165, 1.54) is 16.8 Å². The number of H-pyrrole nitrogens is 1. The van der Waals surface area contributed by atoms with Crippen LogP contribution in [0.2, 0.25) is 0 Å². The monoisotopic (exact) mass is 255 g/mol. The second kappa shape index (κ2) is 4.53. The van der Waals surface area contributed by atoms with Crippen LogP contribution in [0.1, 0.15) is 0 Å². The molecule has 0 saturated heterocycles. The number of aromatic nitrogens is 3. The van der Waals surface area contributed by atoms with Gasteiger partial charge in [-0.1, -0.05) is 18.2 Å². The zero-order chi connectivity index (χ0) is 13.2. The first-order valence-corrected chi connectivity index (χ1v) is 5.73. The molecule has 0 radical (unpaired) electrons. The molecular weight excluding hydrogens is 245 g/mol. The van der Waals surface area contributed by atoms with Gasteiger partial charge in [0, 0.05) is 12.4 Å². The van der Waals surface area contributed by atoms with E-state index in [0.717, 1.165) is 0 Å². The molecule has 94 valence electrons. The Labute approximate surface area is 108 Å². The predicted molar refractivity (Wildman–Crippen MR) is 69.6 cm³/mol. The molecule has 0 saturated carbocycles. The van der Waals surface area contributed by atoms with Crippen molar-refractivity contribution in [2.24, 2.45) is 0 Å². The van der Waals surface area contributed by atoms with Crippen LogP contribution in [0, 0.1) is 5.82 Å². The number of halogens is 1. The molecule has 0 amide bonds. The first-order chi connectivity index (χ1) is 9.25. The Kier molecular flexibility index (Phi) is 2.72. The number of rotatable bonds is 2. The molecule has 0 spiro atoms. The molecular formula is C14H10FN3O. The molecule has 0 fully saturated rings. The van der Waals surface area contributed by atoms with Gasteiger partial charge in [0.25, 0.3) is 5.56 Å². The third-order valence-electron chi connectivity index (χ3n) is 2.81. The maximum atomic E-state index is 12.9. The van der Waals surface area contributed by atoms with Crippen molar-refractivity contribution in [1.82, 2.24) is 14.8 Å². The molecule has 0 unspecified atom stereocenters. The SMILES string of the molecule is O=c1c(-c2ccc(F)cc2)c[nH]n1-c1ccccn1. The average Bonchev–Trinajstić information content (AvgIpc) is 2.83. The lowest BCUT2D eigenvalue weighted by Crippen LogP contribution is -2.16. The summed E-state index contributed by atoms with van der Waals surface area (Å²) in [6, 6.07) is 11.1. The molecule has 1 N–H and O–H groups in total. The summed E-state index contributed by atoms with van der Waals surface area (Å²) in [6.07, 6.45) is 3.20. The molecule has 0 aliphatic rings. The summed E-state index contributed by atoms with van der Waals surface area (Å²) in [6.45, 7) is 0. The number of pyridine rings is 1. The molecule has 0 aliphatic heterocycles. The molecule has 2 heterocycles. The Morgan fingerprint density at radius 3 is 2.58 bits per heavy atom. The molecule has 0 bridgehead atoms. The van der Waals surface area contributed by atoms with Crippen molar-refractivity contribution in [3.05, 3.63) is 71.0 Å². The van der Waals surface area contributed by atoms with E-state index in [9.17, 15) is 9.18 Å². The normalized spacial score (nSPS) is 10.6. The highest BCUT2D eigenvalue weighted by atomic mass is 19.1. The van der Waals surface area contributed by atoms with Crippen LogP contribution in [-0.4, -0.2) is 14.8 Å². The van der Waals surface area contributed by atoms with E-state index in [-0.39, 0.29) is 11.4 Å². The molecule has 4 nitrogen and oxygen atoms in total. The molecule has 0 aliphatic carbocycles. The van der Waals surface area contributed by atoms with E-state index in [1.54, 1.807) is 42.7 Å². The molecule has 3 aromatic rings. The highest BCUT2D eigenvalue weighted by Crippen LogP contribution is 2.15. The minimum Gasteiger partial charge on any atom is -0.296 e. The van der Waals surface area contributed by atoms with Gasteiger partial charge >= 0.3 is 0 Å². The van der Waals surface area contributed by atoms with Crippen molar-refractivity contribution in [2.75, 3.05) is 0 Å². The van der Waals surface area contributed by atoms with E-state index in [0.29, 0.717) is 16.9 Å². The maximum absolute atomic E-state index is 12.9. The average molecular weight is 255 g/mol. The van der Waals surface area contributed by atoms with Crippen LogP contribution in [-0.2, 0) is 0 Å². The molecule has 1 aromatic carbocycles. The van der Waals surface area contributed by atoms with Crippen molar-refractivity contribution < 1.29 is 4.39 Å². The summed E-state index contributed by atoms with van der Waals surface area (Å²) in [5.41, 5.74) is 0.924. The molecule has 3 rings (SSSR count). The smallest absolute Gasteiger partial charge is 0.280 e. The third-order valence-corrected chi connectivity index (χ3v) is 2.81. The largest absolute Gasteiger partial charge is 0.296 e. The van der Waals surface area contributed by atoms with E-state index in [1.807, 2.05) is 0 Å². The molecule has 2 aromatic heterocycles. The zero-order valence-electron chi connectivity index (χ0n) is 9.88. The summed E-state index contributed by atoms with van der Waals surface area (Å²) in [5, 5.41) is 2.85. The van der Waals surface area contributed by atoms with Gasteiger partial charge < -0.3 is 0 Å². The molecule has 19 heavy (non-hydrogen) atoms. The summed E-state index contributed by atoms with van der Waals surface area (Å²) < 4.78 is 14.2. The van der Waals surface area contributed by atoms with Gasteiger partial charge in [0.05, 0.1) is 5.56 Å². The summed E-state index contributed by atoms with van der Waals surface area (Å²) in [5.74, 6) is 0.185. The fourth-order valence-corrected chi connectivity index (χ4v) is 1.86. The van der Waals surface area contributed by atoms with Gasteiger partial charge in [0.1, 0.15) is 5.82 Å². The van der Waals surface area contributed by atoms with Crippen LogP contribution in [0.25, 0.3) is 16.9 Å². The van der Waals surface area contributed by atoms with Crippen LogP contribution in [0.15, 0.2) is 59.7 Å². The van der Waals surface area contributed by atoms with Gasteiger partial charge in [-0.25, -0.2) is 14.1 Å². The Balaban J connectivity index is 2.09. The summed E-state index contributed by atoms with van der Waals surface area (Å²) >= 11 is 0. The first-order valence-electron chi connectivity index (χ1n) is 5.73. The second-order valence-electron chi connectivity index (χ2n) is 4.02. The van der Waals surface area contributed by atoms with Gasteiger partial charge in [-0.3, -0.25) is 9.89 Å². The van der Waals surface area contributed by atoms with Crippen LogP contribution in [0.4, 0.5) is 4.39 Å². The summed E-state index contributed by atoms with van der Waals surface area (Å²) in [7, 11) is 0. The Morgan fingerprint density at radius 1 is 1.11 bits per heavy atom. The molecule has 0 atom stereocenters. The van der Waals surface area contributed by atoms with E-state index in [4.69, 9.17) is 0 Å². The minimum atomic E-state index is -0.329. The van der Waals surface area contributed by atoms with Crippen LogP contribution in [0.5, 0.6) is 0 Å². The van der Waals surface area contributed by atoms with E-state index in [2.05, 4.69) is 10.1 Å². The van der Waals surface area contributed by atoms with E-state index < -0.39 is 0 Å². The van der Waals surface area contributed by atoms with Crippen LogP contribution in [0.3, 0.4) is 0 Å². The minimum absolute atomic E-state index is 0.217. The molecule has 5 heteroatoms. The second-order valence-corrected chi connectivity index (χ2v) is 4.02. The van der Waals surface area contributed by atoms with Gasteiger partial charge in [-0.15, -0.1) is 0 Å². The number of hydrogen-bond acceptors (Lipinski definition) is 2. The first kappa shape index (κ1) is 11.4. The van der Waals surface area contributed by atoms with Crippen molar-refractivity contribution in [3.63, 3.8) is 0 Å². The van der Waals surface area contributed by atoms with E-state index >= 15 is 0 Å². The van der Waals surface area contributed by atoms with Gasteiger partial charge in [-0.05, 0) is 29.8 Å². The highest BCUT2D eigenvalue weighted by Gasteiger charge is 2.10. The van der Waals surface area contributed by atoms with Crippen molar-refractivity contribution >= 4 is 0 Å². The van der Waals surface area contributed by atoms with Gasteiger partial charge in [-0.2, -0.15) is 0 Å². The third kappa shape index (κ3) is 2.06. The van der Waals surface area contributed by atoms with Crippen molar-refractivity contribution in [1.29, 1.82) is 0 Å². The lowest BCUT2D eigenvalue weighted by molar-refractivity contribution is 0.628. The van der Waals surface area contributed by atoms with Crippen LogP contribution >= 0.6 is 0 Å². The fraction of sp³-hybridized carbons (Fsp3) is 0. The summed E-state index contributed by atoms with van der Waals surface area (Å²) in [4.78, 5) is 16.4. The maximum Gasteiger partial charge on any atom is 0.280 e. The van der Waals surface area contributed by atoms with Gasteiger partial charge in [0.2, 0.25) is 0 Å². The number of nitrogens with zero attached hydrogens (tertiary/aromatic N) is 2. The Morgan fingerprint density at radius 2 is 1.89 bits per heavy atom. The standard InChI is InChI=1S/C14H10FN3O/c15-11-6-4-10(5-7-11)12-9-17-18(14(12)19)13-3-1-2-8-16-13/h1-9,17H. The zero-order valence-corrected chi connectivity index (χ0v) is 9.88. The Bertz CT molecular complexity index is 744.